The van der Waals surface area contributed by atoms with E-state index in [9.17, 15) is 14.0 Å². The zero-order valence-corrected chi connectivity index (χ0v) is 14.1. The molecular formula is C18H22FN3O2. The van der Waals surface area contributed by atoms with Crippen LogP contribution in [-0.2, 0) is 16.0 Å². The number of rotatable bonds is 2. The number of nitrogens with zero attached hydrogens (tertiary/aromatic N) is 2. The van der Waals surface area contributed by atoms with E-state index >= 15 is 0 Å². The van der Waals surface area contributed by atoms with Gasteiger partial charge in [-0.1, -0.05) is 0 Å². The van der Waals surface area contributed by atoms with Gasteiger partial charge < -0.3 is 14.8 Å². The number of aromatic amines is 1. The smallest absolute Gasteiger partial charge is 0.227 e. The van der Waals surface area contributed by atoms with Gasteiger partial charge in [0.1, 0.15) is 5.82 Å². The fourth-order valence-corrected chi connectivity index (χ4v) is 3.33. The van der Waals surface area contributed by atoms with Gasteiger partial charge in [-0.2, -0.15) is 0 Å². The summed E-state index contributed by atoms with van der Waals surface area (Å²) in [5, 5.41) is 0.765. The average molecular weight is 331 g/mol. The van der Waals surface area contributed by atoms with Crippen LogP contribution in [0, 0.1) is 12.7 Å². The summed E-state index contributed by atoms with van der Waals surface area (Å²) in [5.41, 5.74) is 2.58. The van der Waals surface area contributed by atoms with Gasteiger partial charge in [0.15, 0.2) is 0 Å². The lowest BCUT2D eigenvalue weighted by Gasteiger charge is -2.21. The van der Waals surface area contributed by atoms with Gasteiger partial charge in [0, 0.05) is 49.7 Å². The van der Waals surface area contributed by atoms with Crippen molar-refractivity contribution in [2.75, 3.05) is 26.2 Å². The lowest BCUT2D eigenvalue weighted by molar-refractivity contribution is -0.132. The number of amides is 2. The van der Waals surface area contributed by atoms with Crippen LogP contribution in [0.25, 0.3) is 10.9 Å². The molecule has 0 bridgehead atoms. The van der Waals surface area contributed by atoms with Crippen molar-refractivity contribution in [3.63, 3.8) is 0 Å². The third kappa shape index (κ3) is 3.27. The van der Waals surface area contributed by atoms with Crippen molar-refractivity contribution in [1.29, 1.82) is 0 Å². The molecular weight excluding hydrogens is 309 g/mol. The molecule has 1 fully saturated rings. The Kier molecular flexibility index (Phi) is 4.55. The number of hydrogen-bond acceptors (Lipinski definition) is 2. The van der Waals surface area contributed by atoms with E-state index in [0.717, 1.165) is 28.6 Å². The minimum atomic E-state index is -0.304. The number of fused-ring (bicyclic) bond motifs is 1. The maximum absolute atomic E-state index is 13.5. The van der Waals surface area contributed by atoms with Gasteiger partial charge in [0.2, 0.25) is 11.8 Å². The van der Waals surface area contributed by atoms with Crippen LogP contribution in [0.15, 0.2) is 18.2 Å². The summed E-state index contributed by atoms with van der Waals surface area (Å²) >= 11 is 0. The Bertz CT molecular complexity index is 784. The van der Waals surface area contributed by atoms with Crippen molar-refractivity contribution >= 4 is 22.7 Å². The monoisotopic (exact) mass is 331 g/mol. The lowest BCUT2D eigenvalue weighted by atomic mass is 10.1. The minimum absolute atomic E-state index is 0.0219. The molecule has 1 saturated heterocycles. The van der Waals surface area contributed by atoms with E-state index in [1.807, 2.05) is 6.92 Å². The van der Waals surface area contributed by atoms with Gasteiger partial charge in [-0.05, 0) is 37.1 Å². The maximum Gasteiger partial charge on any atom is 0.227 e. The first kappa shape index (κ1) is 16.5. The fraction of sp³-hybridized carbons (Fsp3) is 0.444. The quantitative estimate of drug-likeness (QED) is 0.917. The van der Waals surface area contributed by atoms with Crippen LogP contribution in [0.1, 0.15) is 24.6 Å². The summed E-state index contributed by atoms with van der Waals surface area (Å²) in [6, 6.07) is 4.58. The number of H-pyrrole nitrogens is 1. The molecule has 1 aromatic heterocycles. The highest BCUT2D eigenvalue weighted by molar-refractivity contribution is 5.90. The number of aryl methyl sites for hydroxylation is 1. The van der Waals surface area contributed by atoms with Gasteiger partial charge in [0.25, 0.3) is 0 Å². The minimum Gasteiger partial charge on any atom is -0.358 e. The third-order valence-electron chi connectivity index (χ3n) is 4.70. The Morgan fingerprint density at radius 1 is 1.17 bits per heavy atom. The SMILES string of the molecule is CC(=O)N1CCCN(C(=O)Cc2c(C)[nH]c3ccc(F)cc23)CC1. The molecule has 0 aliphatic carbocycles. The van der Waals surface area contributed by atoms with Crippen LogP contribution in [0.3, 0.4) is 0 Å². The number of halogens is 1. The summed E-state index contributed by atoms with van der Waals surface area (Å²) in [7, 11) is 0. The normalized spacial score (nSPS) is 15.6. The van der Waals surface area contributed by atoms with E-state index in [2.05, 4.69) is 4.98 Å². The Labute approximate surface area is 140 Å². The van der Waals surface area contributed by atoms with Gasteiger partial charge in [-0.15, -0.1) is 0 Å². The molecule has 0 unspecified atom stereocenters. The Morgan fingerprint density at radius 2 is 1.88 bits per heavy atom. The van der Waals surface area contributed by atoms with Crippen LogP contribution in [0.5, 0.6) is 0 Å². The summed E-state index contributed by atoms with van der Waals surface area (Å²) in [5.74, 6) is -0.233. The largest absolute Gasteiger partial charge is 0.358 e. The first-order chi connectivity index (χ1) is 11.5. The van der Waals surface area contributed by atoms with Crippen molar-refractivity contribution in [1.82, 2.24) is 14.8 Å². The number of carbonyl (C=O) groups is 2. The van der Waals surface area contributed by atoms with Gasteiger partial charge in [0.05, 0.1) is 6.42 Å². The zero-order valence-electron chi connectivity index (χ0n) is 14.1. The molecule has 3 rings (SSSR count). The molecule has 5 nitrogen and oxygen atoms in total. The number of aromatic nitrogens is 1. The predicted molar refractivity (Wildman–Crippen MR) is 90.1 cm³/mol. The molecule has 128 valence electrons. The van der Waals surface area contributed by atoms with Crippen molar-refractivity contribution in [2.24, 2.45) is 0 Å². The molecule has 2 heterocycles. The van der Waals surface area contributed by atoms with Crippen LogP contribution in [-0.4, -0.2) is 52.8 Å². The summed E-state index contributed by atoms with van der Waals surface area (Å²) in [6.07, 6.45) is 1.03. The van der Waals surface area contributed by atoms with Crippen LogP contribution < -0.4 is 0 Å². The van der Waals surface area contributed by atoms with E-state index in [0.29, 0.717) is 26.2 Å². The van der Waals surface area contributed by atoms with Gasteiger partial charge in [-0.25, -0.2) is 4.39 Å². The number of nitrogens with one attached hydrogen (secondary N) is 1. The molecule has 2 amide bonds. The lowest BCUT2D eigenvalue weighted by Crippen LogP contribution is -2.37. The molecule has 1 N–H and O–H groups in total. The van der Waals surface area contributed by atoms with E-state index in [4.69, 9.17) is 0 Å². The van der Waals surface area contributed by atoms with Crippen LogP contribution in [0.2, 0.25) is 0 Å². The number of carbonyl (C=O) groups excluding carboxylic acids is 2. The first-order valence-corrected chi connectivity index (χ1v) is 8.25. The van der Waals surface area contributed by atoms with Crippen LogP contribution >= 0.6 is 0 Å². The number of benzene rings is 1. The molecule has 1 aromatic carbocycles. The van der Waals surface area contributed by atoms with E-state index < -0.39 is 0 Å². The highest BCUT2D eigenvalue weighted by atomic mass is 19.1. The van der Waals surface area contributed by atoms with Crippen molar-refractivity contribution in [2.45, 2.75) is 26.7 Å². The molecule has 0 spiro atoms. The van der Waals surface area contributed by atoms with Gasteiger partial charge in [-0.3, -0.25) is 9.59 Å². The standard InChI is InChI=1S/C18H22FN3O2/c1-12-15(16-10-14(19)4-5-17(16)20-12)11-18(24)22-7-3-6-21(8-9-22)13(2)23/h4-5,10,20H,3,6-9,11H2,1-2H3. The Hall–Kier alpha value is -2.37. The third-order valence-corrected chi connectivity index (χ3v) is 4.70. The van der Waals surface area contributed by atoms with E-state index in [1.54, 1.807) is 22.8 Å². The number of hydrogen-bond donors (Lipinski definition) is 1. The van der Waals surface area contributed by atoms with Crippen molar-refractivity contribution in [3.05, 3.63) is 35.3 Å². The molecule has 0 saturated carbocycles. The Morgan fingerprint density at radius 3 is 2.62 bits per heavy atom. The molecule has 0 radical (unpaired) electrons. The topological polar surface area (TPSA) is 56.4 Å². The summed E-state index contributed by atoms with van der Waals surface area (Å²) in [6.45, 7) is 5.92. The van der Waals surface area contributed by atoms with Crippen LogP contribution in [0.4, 0.5) is 4.39 Å². The molecule has 24 heavy (non-hydrogen) atoms. The average Bonchev–Trinajstić information content (AvgIpc) is 2.73. The predicted octanol–water partition coefficient (Wildman–Crippen LogP) is 2.24. The molecule has 1 aliphatic heterocycles. The van der Waals surface area contributed by atoms with E-state index in [-0.39, 0.29) is 24.1 Å². The summed E-state index contributed by atoms with van der Waals surface area (Å²) in [4.78, 5) is 31.0. The molecule has 6 heteroatoms. The second-order valence-electron chi connectivity index (χ2n) is 6.34. The van der Waals surface area contributed by atoms with Crippen molar-refractivity contribution in [3.8, 4) is 0 Å². The second-order valence-corrected chi connectivity index (χ2v) is 6.34. The maximum atomic E-state index is 13.5. The van der Waals surface area contributed by atoms with E-state index in [1.165, 1.54) is 12.1 Å². The van der Waals surface area contributed by atoms with Crippen molar-refractivity contribution < 1.29 is 14.0 Å². The summed E-state index contributed by atoms with van der Waals surface area (Å²) < 4.78 is 13.5. The zero-order chi connectivity index (χ0) is 17.3. The molecule has 0 atom stereocenters. The van der Waals surface area contributed by atoms with Gasteiger partial charge >= 0.3 is 0 Å². The molecule has 1 aliphatic rings. The fourth-order valence-electron chi connectivity index (χ4n) is 3.33. The molecule has 2 aromatic rings. The highest BCUT2D eigenvalue weighted by Gasteiger charge is 2.22. The Balaban J connectivity index is 1.76. The second kappa shape index (κ2) is 6.63. The first-order valence-electron chi connectivity index (χ1n) is 8.25. The highest BCUT2D eigenvalue weighted by Crippen LogP contribution is 2.24.